The Labute approximate surface area is 113 Å². The second kappa shape index (κ2) is 5.88. The number of rotatable bonds is 3. The molecule has 3 atom stereocenters. The number of hydrogen-bond acceptors (Lipinski definition) is 4. The number of carboxylic acid groups (broad SMARTS) is 1. The highest BCUT2D eigenvalue weighted by molar-refractivity contribution is 5.80. The zero-order valence-corrected chi connectivity index (χ0v) is 11.6. The van der Waals surface area contributed by atoms with E-state index in [1.165, 1.54) is 0 Å². The van der Waals surface area contributed by atoms with E-state index in [2.05, 4.69) is 12.2 Å². The van der Waals surface area contributed by atoms with Crippen LogP contribution < -0.4 is 5.32 Å². The van der Waals surface area contributed by atoms with E-state index in [-0.39, 0.29) is 17.9 Å². The van der Waals surface area contributed by atoms with Crippen molar-refractivity contribution >= 4 is 11.9 Å². The molecule has 3 unspecified atom stereocenters. The monoisotopic (exact) mass is 269 g/mol. The Morgan fingerprint density at radius 3 is 2.37 bits per heavy atom. The molecule has 1 amide bonds. The molecular formula is C13H23N3O3. The van der Waals surface area contributed by atoms with Crippen LogP contribution in [0.4, 0.5) is 0 Å². The van der Waals surface area contributed by atoms with Gasteiger partial charge in [0.1, 0.15) is 6.04 Å². The quantitative estimate of drug-likeness (QED) is 0.729. The Balaban J connectivity index is 1.86. The maximum absolute atomic E-state index is 12.4. The molecule has 2 aliphatic heterocycles. The van der Waals surface area contributed by atoms with Crippen molar-refractivity contribution in [2.45, 2.75) is 32.4 Å². The molecule has 2 saturated heterocycles. The van der Waals surface area contributed by atoms with Gasteiger partial charge in [0.2, 0.25) is 5.91 Å². The summed E-state index contributed by atoms with van der Waals surface area (Å²) in [5.74, 6) is -0.489. The summed E-state index contributed by atoms with van der Waals surface area (Å²) >= 11 is 0. The molecule has 0 aromatic rings. The average Bonchev–Trinajstić information content (AvgIpc) is 2.83. The van der Waals surface area contributed by atoms with Gasteiger partial charge in [0.25, 0.3) is 0 Å². The van der Waals surface area contributed by atoms with E-state index in [0.29, 0.717) is 26.2 Å². The molecule has 2 rings (SSSR count). The third kappa shape index (κ3) is 3.06. The third-order valence-electron chi connectivity index (χ3n) is 4.37. The van der Waals surface area contributed by atoms with Crippen LogP contribution in [0.3, 0.4) is 0 Å². The molecule has 19 heavy (non-hydrogen) atoms. The fourth-order valence-electron chi connectivity index (χ4n) is 2.92. The normalized spacial score (nSPS) is 30.3. The molecule has 0 spiro atoms. The fourth-order valence-corrected chi connectivity index (χ4v) is 2.92. The first kappa shape index (κ1) is 14.3. The molecule has 0 aliphatic carbocycles. The molecule has 2 fully saturated rings. The first-order valence-corrected chi connectivity index (χ1v) is 6.99. The Hall–Kier alpha value is -1.14. The van der Waals surface area contributed by atoms with Crippen LogP contribution >= 0.6 is 0 Å². The lowest BCUT2D eigenvalue weighted by molar-refractivity contribution is -0.144. The second-order valence-electron chi connectivity index (χ2n) is 5.51. The third-order valence-corrected chi connectivity index (χ3v) is 4.37. The van der Waals surface area contributed by atoms with Gasteiger partial charge < -0.3 is 15.3 Å². The highest BCUT2D eigenvalue weighted by Gasteiger charge is 2.34. The van der Waals surface area contributed by atoms with Gasteiger partial charge in [0.05, 0.1) is 5.92 Å². The molecule has 0 saturated carbocycles. The highest BCUT2D eigenvalue weighted by Crippen LogP contribution is 2.19. The zero-order valence-electron chi connectivity index (χ0n) is 11.6. The number of hydrogen-bond donors (Lipinski definition) is 2. The molecule has 0 aromatic carbocycles. The van der Waals surface area contributed by atoms with Crippen molar-refractivity contribution in [1.82, 2.24) is 15.1 Å². The maximum atomic E-state index is 12.4. The van der Waals surface area contributed by atoms with Gasteiger partial charge in [-0.15, -0.1) is 0 Å². The average molecular weight is 269 g/mol. The van der Waals surface area contributed by atoms with Crippen LogP contribution in [-0.4, -0.2) is 71.6 Å². The summed E-state index contributed by atoms with van der Waals surface area (Å²) in [5.41, 5.74) is 0. The van der Waals surface area contributed by atoms with Gasteiger partial charge in [-0.3, -0.25) is 14.5 Å². The second-order valence-corrected chi connectivity index (χ2v) is 5.51. The van der Waals surface area contributed by atoms with Gasteiger partial charge in [-0.2, -0.15) is 0 Å². The van der Waals surface area contributed by atoms with Crippen molar-refractivity contribution in [1.29, 1.82) is 0 Å². The number of carbonyl (C=O) groups is 2. The summed E-state index contributed by atoms with van der Waals surface area (Å²) in [5, 5.41) is 12.3. The number of aliphatic carboxylic acids is 1. The van der Waals surface area contributed by atoms with E-state index in [1.54, 1.807) is 6.92 Å². The van der Waals surface area contributed by atoms with Gasteiger partial charge in [0, 0.05) is 32.2 Å². The van der Waals surface area contributed by atoms with Gasteiger partial charge in [0.15, 0.2) is 0 Å². The Morgan fingerprint density at radius 1 is 1.26 bits per heavy atom. The van der Waals surface area contributed by atoms with E-state index in [4.69, 9.17) is 5.11 Å². The van der Waals surface area contributed by atoms with Gasteiger partial charge in [-0.1, -0.05) is 0 Å². The number of carbonyl (C=O) groups excluding carboxylic acids is 1. The van der Waals surface area contributed by atoms with E-state index >= 15 is 0 Å². The van der Waals surface area contributed by atoms with E-state index in [9.17, 15) is 9.59 Å². The van der Waals surface area contributed by atoms with Crippen LogP contribution in [0.5, 0.6) is 0 Å². The highest BCUT2D eigenvalue weighted by atomic mass is 16.4. The zero-order chi connectivity index (χ0) is 14.0. The molecule has 6 heteroatoms. The van der Waals surface area contributed by atoms with Crippen molar-refractivity contribution in [3.63, 3.8) is 0 Å². The Morgan fingerprint density at radius 2 is 1.89 bits per heavy atom. The minimum Gasteiger partial charge on any atom is -0.480 e. The topological polar surface area (TPSA) is 72.9 Å². The van der Waals surface area contributed by atoms with E-state index in [0.717, 1.165) is 13.0 Å². The molecule has 0 aromatic heterocycles. The Bertz CT molecular complexity index is 353. The molecule has 2 heterocycles. The standard InChI is InChI=1S/C13H23N3O3/c1-9-11(3-4-14-9)12(17)16-7-5-15(6-8-16)10(2)13(18)19/h9-11,14H,3-8H2,1-2H3,(H,18,19). The molecule has 6 nitrogen and oxygen atoms in total. The lowest BCUT2D eigenvalue weighted by Gasteiger charge is -2.38. The van der Waals surface area contributed by atoms with Crippen molar-refractivity contribution in [3.05, 3.63) is 0 Å². The molecular weight excluding hydrogens is 246 g/mol. The fraction of sp³-hybridized carbons (Fsp3) is 0.846. The minimum absolute atomic E-state index is 0.0865. The summed E-state index contributed by atoms with van der Waals surface area (Å²) in [7, 11) is 0. The lowest BCUT2D eigenvalue weighted by atomic mass is 10.00. The predicted molar refractivity (Wildman–Crippen MR) is 70.8 cm³/mol. The van der Waals surface area contributed by atoms with Crippen molar-refractivity contribution in [2.24, 2.45) is 5.92 Å². The summed E-state index contributed by atoms with van der Waals surface area (Å²) in [6.07, 6.45) is 0.908. The number of nitrogens with one attached hydrogen (secondary N) is 1. The number of carboxylic acids is 1. The smallest absolute Gasteiger partial charge is 0.320 e. The Kier molecular flexibility index (Phi) is 4.42. The van der Waals surface area contributed by atoms with Crippen molar-refractivity contribution in [3.8, 4) is 0 Å². The van der Waals surface area contributed by atoms with Crippen LogP contribution in [0.2, 0.25) is 0 Å². The number of piperazine rings is 1. The van der Waals surface area contributed by atoms with E-state index < -0.39 is 12.0 Å². The predicted octanol–water partition coefficient (Wildman–Crippen LogP) is -0.398. The van der Waals surface area contributed by atoms with Crippen LogP contribution in [0.1, 0.15) is 20.3 Å². The number of amides is 1. The summed E-state index contributed by atoms with van der Waals surface area (Å²) in [4.78, 5) is 27.1. The molecule has 0 bridgehead atoms. The van der Waals surface area contributed by atoms with Crippen molar-refractivity contribution < 1.29 is 14.7 Å². The minimum atomic E-state index is -0.798. The maximum Gasteiger partial charge on any atom is 0.320 e. The molecule has 0 radical (unpaired) electrons. The summed E-state index contributed by atoms with van der Waals surface area (Å²) in [6.45, 7) is 7.23. The molecule has 108 valence electrons. The van der Waals surface area contributed by atoms with Crippen LogP contribution in [0, 0.1) is 5.92 Å². The largest absolute Gasteiger partial charge is 0.480 e. The van der Waals surface area contributed by atoms with Crippen LogP contribution in [0.25, 0.3) is 0 Å². The van der Waals surface area contributed by atoms with Crippen LogP contribution in [0.15, 0.2) is 0 Å². The SMILES string of the molecule is CC1NCCC1C(=O)N1CCN(C(C)C(=O)O)CC1. The first-order chi connectivity index (χ1) is 9.00. The van der Waals surface area contributed by atoms with Gasteiger partial charge in [-0.25, -0.2) is 0 Å². The number of nitrogens with zero attached hydrogens (tertiary/aromatic N) is 2. The first-order valence-electron chi connectivity index (χ1n) is 6.99. The van der Waals surface area contributed by atoms with Gasteiger partial charge in [-0.05, 0) is 26.8 Å². The van der Waals surface area contributed by atoms with Crippen LogP contribution in [-0.2, 0) is 9.59 Å². The molecule has 2 N–H and O–H groups in total. The van der Waals surface area contributed by atoms with E-state index in [1.807, 2.05) is 9.80 Å². The molecule has 2 aliphatic rings. The lowest BCUT2D eigenvalue weighted by Crippen LogP contribution is -2.54. The summed E-state index contributed by atoms with van der Waals surface area (Å²) < 4.78 is 0. The summed E-state index contributed by atoms with van der Waals surface area (Å²) in [6, 6.07) is -0.215. The van der Waals surface area contributed by atoms with Gasteiger partial charge >= 0.3 is 5.97 Å². The van der Waals surface area contributed by atoms with Crippen molar-refractivity contribution in [2.75, 3.05) is 32.7 Å².